The van der Waals surface area contributed by atoms with Gasteiger partial charge >= 0.3 is 0 Å². The third-order valence-corrected chi connectivity index (χ3v) is 14.6. The molecule has 4 atom stereocenters. The van der Waals surface area contributed by atoms with Crippen molar-refractivity contribution in [1.82, 2.24) is 35.4 Å². The van der Waals surface area contributed by atoms with Crippen LogP contribution in [0.5, 0.6) is 0 Å². The fraction of sp³-hybridized carbons (Fsp3) is 0.429. The van der Waals surface area contributed by atoms with Crippen LogP contribution >= 0.6 is 22.9 Å². The van der Waals surface area contributed by atoms with Crippen LogP contribution in [0.15, 0.2) is 78.4 Å². The summed E-state index contributed by atoms with van der Waals surface area (Å²) in [5.41, 5.74) is 6.37. The molecule has 2 aliphatic heterocycles. The highest BCUT2D eigenvalue weighted by Crippen LogP contribution is 2.33. The van der Waals surface area contributed by atoms with E-state index in [0.29, 0.717) is 48.1 Å². The topological polar surface area (TPSA) is 188 Å². The van der Waals surface area contributed by atoms with Gasteiger partial charge in [-0.3, -0.25) is 23.6 Å². The molecule has 368 valence electrons. The van der Waals surface area contributed by atoms with Crippen LogP contribution in [0.2, 0.25) is 5.02 Å². The Labute approximate surface area is 414 Å². The van der Waals surface area contributed by atoms with Crippen molar-refractivity contribution >= 4 is 86.2 Å². The van der Waals surface area contributed by atoms with Gasteiger partial charge in [-0.15, -0.1) is 11.3 Å². The second-order valence-corrected chi connectivity index (χ2v) is 21.1. The van der Waals surface area contributed by atoms with Crippen molar-refractivity contribution < 1.29 is 28.1 Å². The minimum atomic E-state index is -1.25. The smallest absolute Gasteiger partial charge is 0.246 e. The lowest BCUT2D eigenvalue weighted by molar-refractivity contribution is -0.144. The normalized spacial score (nSPS) is 17.3. The van der Waals surface area contributed by atoms with Crippen LogP contribution in [0, 0.1) is 18.2 Å². The Morgan fingerprint density at radius 2 is 1.75 bits per heavy atom. The number of aryl methyl sites for hydroxylation is 1. The van der Waals surface area contributed by atoms with Gasteiger partial charge in [0.05, 0.1) is 45.4 Å². The summed E-state index contributed by atoms with van der Waals surface area (Å²) in [6.45, 7) is 11.3. The number of halogens is 2. The lowest BCUT2D eigenvalue weighted by Gasteiger charge is -2.36. The fourth-order valence-corrected chi connectivity index (χ4v) is 9.84. The van der Waals surface area contributed by atoms with Gasteiger partial charge in [-0.25, -0.2) is 18.6 Å². The molecular formula is C49H61ClFN11O5S2. The van der Waals surface area contributed by atoms with Gasteiger partial charge in [0.2, 0.25) is 23.7 Å². The third kappa shape index (κ3) is 13.1. The van der Waals surface area contributed by atoms with Crippen LogP contribution in [0.4, 0.5) is 38.9 Å². The summed E-state index contributed by atoms with van der Waals surface area (Å²) in [4.78, 5) is 60.8. The minimum absolute atomic E-state index is 0.00488. The zero-order valence-electron chi connectivity index (χ0n) is 39.8. The van der Waals surface area contributed by atoms with E-state index in [1.54, 1.807) is 41.1 Å². The SMILES string of the molecule is Cc1ncsc1-c1ccc(CNC(=O)[C@H]2C[C@@H](O)CN2C(=O)[C@@H](NC(=O)CCCCN2CCN(c3ccc(Nc4ncc(Cl)c(Nc5ccccc5N(C)S(C)=O)n4)cc3F)CC2)C(C)(C)C)cc1. The third-order valence-electron chi connectivity index (χ3n) is 12.4. The zero-order valence-corrected chi connectivity index (χ0v) is 42.2. The summed E-state index contributed by atoms with van der Waals surface area (Å²) in [6, 6.07) is 18.4. The summed E-state index contributed by atoms with van der Waals surface area (Å²) < 4.78 is 29.4. The molecule has 1 unspecified atom stereocenters. The standard InChI is InChI=1S/C49H61ClFN11O5S2/c1-31-43(68-30-54-31)33-16-14-32(15-17-33)27-52-46(65)41-26-35(63)29-62(41)47(66)44(49(2,3)4)57-42(64)13-9-10-20-60-21-23-61(24-22-60)39-19-18-34(25-37(39)51)55-48-53-28-36(50)45(58-48)56-38-11-7-8-12-40(38)59(5)69(6)67/h7-8,11-12,14-19,25,28,30,35,41,44,63H,9-10,13,20-24,26-27,29H2,1-6H3,(H,52,65)(H,57,64)(H2,53,55,56,58)/t35-,41-,44-,69?/m1/s1. The number of unbranched alkanes of at least 4 members (excludes halogenated alkanes) is 1. The number of hydrogen-bond acceptors (Lipinski definition) is 13. The summed E-state index contributed by atoms with van der Waals surface area (Å²) in [5, 5.41) is 23.1. The first-order chi connectivity index (χ1) is 32.9. The van der Waals surface area contributed by atoms with E-state index in [1.807, 2.05) is 86.6 Å². The van der Waals surface area contributed by atoms with E-state index in [-0.39, 0.29) is 54.5 Å². The van der Waals surface area contributed by atoms with Crippen molar-refractivity contribution in [3.8, 4) is 10.4 Å². The molecule has 5 N–H and O–H groups in total. The molecule has 0 spiro atoms. The Morgan fingerprint density at radius 1 is 1.01 bits per heavy atom. The fourth-order valence-electron chi connectivity index (χ4n) is 8.45. The van der Waals surface area contributed by atoms with E-state index in [0.717, 1.165) is 47.8 Å². The Morgan fingerprint density at radius 3 is 2.43 bits per heavy atom. The van der Waals surface area contributed by atoms with Crippen molar-refractivity contribution in [3.63, 3.8) is 0 Å². The second-order valence-electron chi connectivity index (χ2n) is 18.5. The molecule has 16 nitrogen and oxygen atoms in total. The number of hydrogen-bond donors (Lipinski definition) is 5. The quantitative estimate of drug-likeness (QED) is 0.0566. The molecule has 2 saturated heterocycles. The Balaban J connectivity index is 0.846. The number of anilines is 6. The molecular weight excluding hydrogens is 941 g/mol. The zero-order chi connectivity index (χ0) is 49.4. The van der Waals surface area contributed by atoms with Crippen LogP contribution in [0.25, 0.3) is 10.4 Å². The highest BCUT2D eigenvalue weighted by atomic mass is 35.5. The van der Waals surface area contributed by atoms with Crippen LogP contribution < -0.4 is 30.5 Å². The molecule has 7 rings (SSSR count). The molecule has 0 saturated carbocycles. The van der Waals surface area contributed by atoms with Gasteiger partial charge in [-0.2, -0.15) is 4.98 Å². The first kappa shape index (κ1) is 51.1. The number of thiazole rings is 1. The van der Waals surface area contributed by atoms with Crippen molar-refractivity contribution in [2.24, 2.45) is 5.41 Å². The Kier molecular flexibility index (Phi) is 16.9. The monoisotopic (exact) mass is 1000 g/mol. The second kappa shape index (κ2) is 22.8. The van der Waals surface area contributed by atoms with E-state index in [4.69, 9.17) is 11.6 Å². The number of aliphatic hydroxyl groups is 1. The Hall–Kier alpha value is -5.73. The molecule has 3 aromatic carbocycles. The van der Waals surface area contributed by atoms with E-state index in [2.05, 4.69) is 41.1 Å². The maximum atomic E-state index is 15.6. The minimum Gasteiger partial charge on any atom is -0.391 e. The highest BCUT2D eigenvalue weighted by molar-refractivity contribution is 7.85. The Bertz CT molecular complexity index is 2630. The molecule has 5 aromatic rings. The number of carbonyl (C=O) groups is 3. The number of nitrogens with zero attached hydrogens (tertiary/aromatic N) is 7. The van der Waals surface area contributed by atoms with Gasteiger partial charge in [0.1, 0.15) is 33.9 Å². The number of piperazine rings is 1. The number of β-amino-alcohol motifs (C(OH)–C–C–N with tert-alkyl or cyclic N) is 1. The molecule has 0 aliphatic carbocycles. The van der Waals surface area contributed by atoms with Crippen LogP contribution in [-0.2, 0) is 31.9 Å². The predicted molar refractivity (Wildman–Crippen MR) is 273 cm³/mol. The van der Waals surface area contributed by atoms with E-state index in [1.165, 1.54) is 17.2 Å². The number of nitrogens with one attached hydrogen (secondary N) is 4. The maximum absolute atomic E-state index is 15.6. The molecule has 69 heavy (non-hydrogen) atoms. The van der Waals surface area contributed by atoms with Gasteiger partial charge in [-0.1, -0.05) is 68.8 Å². The van der Waals surface area contributed by atoms with E-state index < -0.39 is 40.5 Å². The average molecular weight is 1000 g/mol. The molecule has 3 amide bonds. The predicted octanol–water partition coefficient (Wildman–Crippen LogP) is 7.02. The number of rotatable bonds is 18. The van der Waals surface area contributed by atoms with Crippen molar-refractivity contribution in [3.05, 3.63) is 101 Å². The highest BCUT2D eigenvalue weighted by Gasteiger charge is 2.44. The van der Waals surface area contributed by atoms with E-state index in [9.17, 15) is 23.7 Å². The van der Waals surface area contributed by atoms with Gasteiger partial charge in [0.25, 0.3) is 0 Å². The van der Waals surface area contributed by atoms with E-state index >= 15 is 4.39 Å². The number of benzene rings is 3. The number of aromatic nitrogens is 3. The van der Waals surface area contributed by atoms with Gasteiger partial charge in [-0.05, 0) is 73.2 Å². The largest absolute Gasteiger partial charge is 0.391 e. The van der Waals surface area contributed by atoms with Crippen LogP contribution in [0.3, 0.4) is 0 Å². The first-order valence-corrected chi connectivity index (χ1v) is 25.8. The number of likely N-dealkylation sites (tertiary alicyclic amines) is 1. The maximum Gasteiger partial charge on any atom is 0.246 e. The first-order valence-electron chi connectivity index (χ1n) is 23.0. The molecule has 4 heterocycles. The average Bonchev–Trinajstić information content (AvgIpc) is 3.94. The van der Waals surface area contributed by atoms with Gasteiger partial charge < -0.3 is 36.2 Å². The van der Waals surface area contributed by atoms with Crippen molar-refractivity contribution in [2.75, 3.05) is 72.4 Å². The number of amides is 3. The van der Waals surface area contributed by atoms with Crippen LogP contribution in [0.1, 0.15) is 57.7 Å². The molecule has 2 fully saturated rings. The summed E-state index contributed by atoms with van der Waals surface area (Å²) >= 11 is 8.01. The van der Waals surface area contributed by atoms with Crippen molar-refractivity contribution in [2.45, 2.75) is 78.1 Å². The van der Waals surface area contributed by atoms with Gasteiger partial charge in [0, 0.05) is 71.1 Å². The number of carbonyl (C=O) groups excluding carboxylic acids is 3. The molecule has 0 radical (unpaired) electrons. The summed E-state index contributed by atoms with van der Waals surface area (Å²) in [7, 11) is 0.474. The lowest BCUT2D eigenvalue weighted by atomic mass is 9.85. The molecule has 2 aliphatic rings. The lowest BCUT2D eigenvalue weighted by Crippen LogP contribution is -2.57. The number of para-hydroxylation sites is 2. The van der Waals surface area contributed by atoms with Crippen LogP contribution in [-0.4, -0.2) is 123 Å². The molecule has 20 heteroatoms. The number of aliphatic hydroxyl groups excluding tert-OH is 1. The molecule has 0 bridgehead atoms. The summed E-state index contributed by atoms with van der Waals surface area (Å²) in [6.07, 6.45) is 3.89. The van der Waals surface area contributed by atoms with Gasteiger partial charge in [0.15, 0.2) is 5.82 Å². The summed E-state index contributed by atoms with van der Waals surface area (Å²) in [5.74, 6) is -0.848. The van der Waals surface area contributed by atoms with Crippen molar-refractivity contribution in [1.29, 1.82) is 0 Å². The molecule has 2 aromatic heterocycles.